The summed E-state index contributed by atoms with van der Waals surface area (Å²) in [5.41, 5.74) is 0.589. The number of likely N-dealkylation sites (tertiary alicyclic amines) is 1. The lowest BCUT2D eigenvalue weighted by Crippen LogP contribution is -2.31. The zero-order valence-electron chi connectivity index (χ0n) is 8.52. The van der Waals surface area contributed by atoms with Gasteiger partial charge in [-0.1, -0.05) is 0 Å². The predicted molar refractivity (Wildman–Crippen MR) is 54.3 cm³/mol. The lowest BCUT2D eigenvalue weighted by atomic mass is 10.2. The Morgan fingerprint density at radius 3 is 3.13 bits per heavy atom. The number of aromatic nitrogens is 2. The van der Waals surface area contributed by atoms with Crippen LogP contribution in [0.1, 0.15) is 29.6 Å². The summed E-state index contributed by atoms with van der Waals surface area (Å²) in [6, 6.07) is 0. The van der Waals surface area contributed by atoms with Crippen molar-refractivity contribution in [2.75, 3.05) is 13.1 Å². The molecule has 5 heteroatoms. The fourth-order valence-corrected chi connectivity index (χ4v) is 1.83. The van der Waals surface area contributed by atoms with Gasteiger partial charge in [0.2, 0.25) is 0 Å². The van der Waals surface area contributed by atoms with Gasteiger partial charge in [-0.25, -0.2) is 0 Å². The first-order valence-electron chi connectivity index (χ1n) is 5.23. The highest BCUT2D eigenvalue weighted by Crippen LogP contribution is 2.13. The van der Waals surface area contributed by atoms with Gasteiger partial charge in [0.25, 0.3) is 5.91 Å². The summed E-state index contributed by atoms with van der Waals surface area (Å²) in [6.45, 7) is 1.35. The van der Waals surface area contributed by atoms with Crippen molar-refractivity contribution in [1.29, 1.82) is 0 Å². The Hall–Kier alpha value is -1.36. The third kappa shape index (κ3) is 2.36. The molecule has 1 atom stereocenters. The second-order valence-electron chi connectivity index (χ2n) is 3.86. The number of aliphatic hydroxyl groups excluding tert-OH is 1. The quantitative estimate of drug-likeness (QED) is 0.703. The summed E-state index contributed by atoms with van der Waals surface area (Å²) in [7, 11) is 0. The molecule has 1 aliphatic heterocycles. The number of nitrogens with zero attached hydrogens (tertiary/aromatic N) is 2. The zero-order valence-corrected chi connectivity index (χ0v) is 8.52. The number of aliphatic hydroxyl groups is 1. The topological polar surface area (TPSA) is 69.2 Å². The third-order valence-electron chi connectivity index (χ3n) is 2.73. The van der Waals surface area contributed by atoms with Crippen LogP contribution in [0.5, 0.6) is 0 Å². The molecule has 1 aromatic heterocycles. The van der Waals surface area contributed by atoms with Crippen LogP contribution in [0, 0.1) is 0 Å². The highest BCUT2D eigenvalue weighted by molar-refractivity contribution is 5.93. The molecule has 1 fully saturated rings. The Kier molecular flexibility index (Phi) is 3.01. The van der Waals surface area contributed by atoms with E-state index in [9.17, 15) is 9.90 Å². The van der Waals surface area contributed by atoms with Crippen molar-refractivity contribution in [1.82, 2.24) is 15.1 Å². The van der Waals surface area contributed by atoms with Gasteiger partial charge >= 0.3 is 0 Å². The lowest BCUT2D eigenvalue weighted by Gasteiger charge is -2.19. The number of rotatable bonds is 1. The Morgan fingerprint density at radius 1 is 1.53 bits per heavy atom. The molecule has 0 radical (unpaired) electrons. The van der Waals surface area contributed by atoms with E-state index in [0.717, 1.165) is 19.4 Å². The number of H-pyrrole nitrogens is 1. The van der Waals surface area contributed by atoms with Gasteiger partial charge in [0.15, 0.2) is 0 Å². The van der Waals surface area contributed by atoms with Crippen molar-refractivity contribution in [3.63, 3.8) is 0 Å². The van der Waals surface area contributed by atoms with E-state index in [2.05, 4.69) is 10.2 Å². The summed E-state index contributed by atoms with van der Waals surface area (Å²) in [5.74, 6) is -0.00199. The van der Waals surface area contributed by atoms with Crippen LogP contribution in [-0.4, -0.2) is 45.3 Å². The number of amides is 1. The first-order valence-corrected chi connectivity index (χ1v) is 5.23. The molecule has 0 spiro atoms. The maximum absolute atomic E-state index is 11.9. The average molecular weight is 209 g/mol. The van der Waals surface area contributed by atoms with E-state index < -0.39 is 0 Å². The summed E-state index contributed by atoms with van der Waals surface area (Å²) in [5, 5.41) is 15.8. The molecule has 1 unspecified atom stereocenters. The van der Waals surface area contributed by atoms with E-state index in [1.165, 1.54) is 6.20 Å². The Bertz CT molecular complexity index is 323. The number of nitrogens with one attached hydrogen (secondary N) is 1. The molecule has 2 rings (SSSR count). The van der Waals surface area contributed by atoms with Crippen LogP contribution in [0.3, 0.4) is 0 Å². The van der Waals surface area contributed by atoms with Crippen LogP contribution in [-0.2, 0) is 0 Å². The first kappa shape index (κ1) is 10.2. The Morgan fingerprint density at radius 2 is 2.40 bits per heavy atom. The number of hydrogen-bond acceptors (Lipinski definition) is 3. The highest BCUT2D eigenvalue weighted by atomic mass is 16.3. The first-order chi connectivity index (χ1) is 7.27. The van der Waals surface area contributed by atoms with E-state index in [4.69, 9.17) is 0 Å². The van der Waals surface area contributed by atoms with Crippen molar-refractivity contribution in [3.05, 3.63) is 18.0 Å². The van der Waals surface area contributed by atoms with Gasteiger partial charge in [-0.15, -0.1) is 0 Å². The van der Waals surface area contributed by atoms with E-state index in [-0.39, 0.29) is 12.0 Å². The van der Waals surface area contributed by atoms with Gasteiger partial charge in [0, 0.05) is 19.3 Å². The molecule has 1 amide bonds. The second kappa shape index (κ2) is 4.44. The van der Waals surface area contributed by atoms with Crippen LogP contribution in [0.25, 0.3) is 0 Å². The molecule has 15 heavy (non-hydrogen) atoms. The molecule has 0 aromatic carbocycles. The van der Waals surface area contributed by atoms with E-state index in [0.29, 0.717) is 18.5 Å². The zero-order chi connectivity index (χ0) is 10.7. The van der Waals surface area contributed by atoms with Crippen LogP contribution >= 0.6 is 0 Å². The van der Waals surface area contributed by atoms with E-state index in [1.807, 2.05) is 0 Å². The maximum Gasteiger partial charge on any atom is 0.257 e. The van der Waals surface area contributed by atoms with Crippen molar-refractivity contribution < 1.29 is 9.90 Å². The number of carbonyl (C=O) groups excluding carboxylic acids is 1. The van der Waals surface area contributed by atoms with Gasteiger partial charge < -0.3 is 10.0 Å². The highest BCUT2D eigenvalue weighted by Gasteiger charge is 2.20. The molecule has 1 saturated heterocycles. The normalized spacial score (nSPS) is 22.5. The molecule has 1 aromatic rings. The van der Waals surface area contributed by atoms with Crippen LogP contribution in [0.15, 0.2) is 12.4 Å². The molecule has 0 aliphatic carbocycles. The number of aromatic amines is 1. The minimum Gasteiger partial charge on any atom is -0.393 e. The molecule has 82 valence electrons. The van der Waals surface area contributed by atoms with Gasteiger partial charge in [-0.2, -0.15) is 5.10 Å². The van der Waals surface area contributed by atoms with Crippen LogP contribution in [0.2, 0.25) is 0 Å². The second-order valence-corrected chi connectivity index (χ2v) is 3.86. The van der Waals surface area contributed by atoms with Crippen LogP contribution in [0.4, 0.5) is 0 Å². The third-order valence-corrected chi connectivity index (χ3v) is 2.73. The summed E-state index contributed by atoms with van der Waals surface area (Å²) < 4.78 is 0. The SMILES string of the molecule is O=C(c1cn[nH]c1)N1CCCC(O)CC1. The molecule has 0 bridgehead atoms. The standard InChI is InChI=1S/C10H15N3O2/c14-9-2-1-4-13(5-3-9)10(15)8-6-11-12-7-8/h6-7,9,14H,1-5H2,(H,11,12). The van der Waals surface area contributed by atoms with Gasteiger partial charge in [-0.05, 0) is 19.3 Å². The van der Waals surface area contributed by atoms with Gasteiger partial charge in [-0.3, -0.25) is 9.89 Å². The molecule has 2 heterocycles. The number of carbonyl (C=O) groups is 1. The predicted octanol–water partition coefficient (Wildman–Crippen LogP) is 0.397. The Labute approximate surface area is 88.1 Å². The van der Waals surface area contributed by atoms with Crippen molar-refractivity contribution in [3.8, 4) is 0 Å². The largest absolute Gasteiger partial charge is 0.393 e. The fourth-order valence-electron chi connectivity index (χ4n) is 1.83. The van der Waals surface area contributed by atoms with Crippen molar-refractivity contribution in [2.24, 2.45) is 0 Å². The summed E-state index contributed by atoms with van der Waals surface area (Å²) >= 11 is 0. The molecule has 2 N–H and O–H groups in total. The van der Waals surface area contributed by atoms with E-state index in [1.54, 1.807) is 11.1 Å². The molecule has 5 nitrogen and oxygen atoms in total. The molecular weight excluding hydrogens is 194 g/mol. The summed E-state index contributed by atoms with van der Waals surface area (Å²) in [6.07, 6.45) is 5.20. The van der Waals surface area contributed by atoms with Gasteiger partial charge in [0.1, 0.15) is 0 Å². The molecular formula is C10H15N3O2. The van der Waals surface area contributed by atoms with Crippen molar-refractivity contribution in [2.45, 2.75) is 25.4 Å². The molecule has 1 aliphatic rings. The minimum absolute atomic E-state index is 0.00199. The van der Waals surface area contributed by atoms with Gasteiger partial charge in [0.05, 0.1) is 17.9 Å². The smallest absolute Gasteiger partial charge is 0.257 e. The minimum atomic E-state index is -0.257. The van der Waals surface area contributed by atoms with Crippen LogP contribution < -0.4 is 0 Å². The maximum atomic E-state index is 11.9. The fraction of sp³-hybridized carbons (Fsp3) is 0.600. The molecule has 0 saturated carbocycles. The van der Waals surface area contributed by atoms with Crippen molar-refractivity contribution >= 4 is 5.91 Å². The number of hydrogen-bond donors (Lipinski definition) is 2. The van der Waals surface area contributed by atoms with E-state index >= 15 is 0 Å². The average Bonchev–Trinajstić information content (AvgIpc) is 2.67. The monoisotopic (exact) mass is 209 g/mol. The summed E-state index contributed by atoms with van der Waals surface area (Å²) in [4.78, 5) is 13.7. The Balaban J connectivity index is 2.01. The lowest BCUT2D eigenvalue weighted by molar-refractivity contribution is 0.0753.